The fourth-order valence-corrected chi connectivity index (χ4v) is 2.88. The highest BCUT2D eigenvalue weighted by molar-refractivity contribution is 6.30. The van der Waals surface area contributed by atoms with E-state index in [1.807, 2.05) is 0 Å². The summed E-state index contributed by atoms with van der Waals surface area (Å²) in [6.45, 7) is 0. The van der Waals surface area contributed by atoms with E-state index in [2.05, 4.69) is 5.32 Å². The molecule has 150 valence electrons. The molecule has 2 rings (SSSR count). The topological polar surface area (TPSA) is 78.4 Å². The predicted molar refractivity (Wildman–Crippen MR) is 96.8 cm³/mol. The minimum atomic E-state index is -4.44. The summed E-state index contributed by atoms with van der Waals surface area (Å²) in [5.74, 6) is -1.11. The number of benzene rings is 2. The Morgan fingerprint density at radius 2 is 1.71 bits per heavy atom. The van der Waals surface area contributed by atoms with E-state index < -0.39 is 23.7 Å². The zero-order valence-electron chi connectivity index (χ0n) is 14.6. The Kier molecular flexibility index (Phi) is 7.42. The zero-order valence-corrected chi connectivity index (χ0v) is 15.3. The van der Waals surface area contributed by atoms with Gasteiger partial charge < -0.3 is 5.32 Å². The van der Waals surface area contributed by atoms with Gasteiger partial charge in [-0.05, 0) is 41.8 Å². The summed E-state index contributed by atoms with van der Waals surface area (Å²) >= 11 is 5.88. The minimum absolute atomic E-state index is 0.0187. The molecule has 0 saturated heterocycles. The Morgan fingerprint density at radius 1 is 1.04 bits per heavy atom. The molecule has 28 heavy (non-hydrogen) atoms. The smallest absolute Gasteiger partial charge is 0.352 e. The van der Waals surface area contributed by atoms with Crippen LogP contribution in [0.15, 0.2) is 48.5 Å². The summed E-state index contributed by atoms with van der Waals surface area (Å²) in [5.41, 5.74) is 1.88. The van der Waals surface area contributed by atoms with Gasteiger partial charge in [-0.1, -0.05) is 35.9 Å². The van der Waals surface area contributed by atoms with Crippen LogP contribution in [0.3, 0.4) is 0 Å². The molecule has 2 aromatic rings. The normalized spacial score (nSPS) is 12.3. The Hall–Kier alpha value is -2.58. The van der Waals surface area contributed by atoms with Gasteiger partial charge in [0.1, 0.15) is 0 Å². The quantitative estimate of drug-likeness (QED) is 0.479. The standard InChI is InChI=1S/C19H18ClF3N2O3/c20-15-3-1-2-13(8-15)10-17(26)24-16(11-18(27)25-28)9-12-4-6-14(7-5-12)19(21,22)23/h1-8,16,28H,9-11H2,(H,24,26)(H,25,27). The van der Waals surface area contributed by atoms with Gasteiger partial charge >= 0.3 is 6.18 Å². The molecule has 0 bridgehead atoms. The molecule has 0 aromatic heterocycles. The van der Waals surface area contributed by atoms with E-state index in [9.17, 15) is 22.8 Å². The molecular weight excluding hydrogens is 397 g/mol. The zero-order chi connectivity index (χ0) is 20.7. The summed E-state index contributed by atoms with van der Waals surface area (Å²) in [7, 11) is 0. The van der Waals surface area contributed by atoms with Gasteiger partial charge in [0.25, 0.3) is 0 Å². The molecule has 2 amide bonds. The molecular formula is C19H18ClF3N2O3. The van der Waals surface area contributed by atoms with E-state index in [1.54, 1.807) is 24.3 Å². The highest BCUT2D eigenvalue weighted by atomic mass is 35.5. The van der Waals surface area contributed by atoms with Crippen LogP contribution in [0.1, 0.15) is 23.1 Å². The van der Waals surface area contributed by atoms with Crippen molar-refractivity contribution in [1.82, 2.24) is 10.8 Å². The van der Waals surface area contributed by atoms with Crippen molar-refractivity contribution in [3.63, 3.8) is 0 Å². The molecule has 0 aliphatic heterocycles. The van der Waals surface area contributed by atoms with Gasteiger partial charge in [-0.3, -0.25) is 14.8 Å². The molecule has 1 unspecified atom stereocenters. The molecule has 1 atom stereocenters. The number of carbonyl (C=O) groups excluding carboxylic acids is 2. The van der Waals surface area contributed by atoms with E-state index in [4.69, 9.17) is 16.8 Å². The van der Waals surface area contributed by atoms with Crippen LogP contribution < -0.4 is 10.8 Å². The van der Waals surface area contributed by atoms with Gasteiger partial charge in [-0.2, -0.15) is 13.2 Å². The van der Waals surface area contributed by atoms with Crippen molar-refractivity contribution in [3.8, 4) is 0 Å². The third kappa shape index (κ3) is 6.86. The monoisotopic (exact) mass is 414 g/mol. The van der Waals surface area contributed by atoms with Gasteiger partial charge in [0.15, 0.2) is 0 Å². The molecule has 0 heterocycles. The fourth-order valence-electron chi connectivity index (χ4n) is 2.67. The molecule has 0 spiro atoms. The maximum Gasteiger partial charge on any atom is 0.416 e. The SMILES string of the molecule is O=C(CC(Cc1ccc(C(F)(F)F)cc1)NC(=O)Cc1cccc(Cl)c1)NO. The fraction of sp³-hybridized carbons (Fsp3) is 0.263. The van der Waals surface area contributed by atoms with Gasteiger partial charge in [-0.25, -0.2) is 5.48 Å². The Bertz CT molecular complexity index is 826. The summed E-state index contributed by atoms with van der Waals surface area (Å²) in [6, 6.07) is 10.5. The molecule has 0 aliphatic rings. The number of hydroxylamine groups is 1. The molecule has 0 radical (unpaired) electrons. The van der Waals surface area contributed by atoms with Crippen molar-refractivity contribution in [2.45, 2.75) is 31.5 Å². The molecule has 0 saturated carbocycles. The first kappa shape index (κ1) is 21.7. The third-order valence-electron chi connectivity index (χ3n) is 3.94. The number of amides is 2. The van der Waals surface area contributed by atoms with E-state index in [1.165, 1.54) is 17.6 Å². The van der Waals surface area contributed by atoms with Crippen molar-refractivity contribution >= 4 is 23.4 Å². The second kappa shape index (κ2) is 9.57. The van der Waals surface area contributed by atoms with Crippen LogP contribution in [0.4, 0.5) is 13.2 Å². The molecule has 0 aliphatic carbocycles. The number of halogens is 4. The van der Waals surface area contributed by atoms with Crippen LogP contribution in [0, 0.1) is 0 Å². The predicted octanol–water partition coefficient (Wildman–Crippen LogP) is 3.52. The molecule has 2 aromatic carbocycles. The van der Waals surface area contributed by atoms with Crippen LogP contribution in [-0.4, -0.2) is 23.1 Å². The lowest BCUT2D eigenvalue weighted by Gasteiger charge is -2.18. The van der Waals surface area contributed by atoms with Gasteiger partial charge in [-0.15, -0.1) is 0 Å². The highest BCUT2D eigenvalue weighted by Crippen LogP contribution is 2.29. The molecule has 9 heteroatoms. The van der Waals surface area contributed by atoms with Crippen molar-refractivity contribution in [3.05, 3.63) is 70.2 Å². The van der Waals surface area contributed by atoms with Gasteiger partial charge in [0.05, 0.1) is 12.0 Å². The number of alkyl halides is 3. The van der Waals surface area contributed by atoms with Crippen molar-refractivity contribution in [2.24, 2.45) is 0 Å². The number of nitrogens with one attached hydrogen (secondary N) is 2. The Labute approximate surface area is 164 Å². The van der Waals surface area contributed by atoms with Crippen LogP contribution in [-0.2, 0) is 28.6 Å². The van der Waals surface area contributed by atoms with Gasteiger partial charge in [0.2, 0.25) is 11.8 Å². The summed E-state index contributed by atoms with van der Waals surface area (Å²) < 4.78 is 38.0. The van der Waals surface area contributed by atoms with Gasteiger partial charge in [0, 0.05) is 17.5 Å². The first-order valence-electron chi connectivity index (χ1n) is 8.30. The lowest BCUT2D eigenvalue weighted by Crippen LogP contribution is -2.40. The first-order chi connectivity index (χ1) is 13.2. The van der Waals surface area contributed by atoms with Crippen LogP contribution in [0.25, 0.3) is 0 Å². The van der Waals surface area contributed by atoms with Crippen molar-refractivity contribution in [2.75, 3.05) is 0 Å². The van der Waals surface area contributed by atoms with E-state index in [0.717, 1.165) is 12.1 Å². The van der Waals surface area contributed by atoms with E-state index in [0.29, 0.717) is 16.1 Å². The molecule has 0 fully saturated rings. The maximum absolute atomic E-state index is 12.7. The second-order valence-electron chi connectivity index (χ2n) is 6.21. The number of hydrogen-bond acceptors (Lipinski definition) is 3. The summed E-state index contributed by atoms with van der Waals surface area (Å²) in [6.07, 6.45) is -4.55. The Morgan fingerprint density at radius 3 is 2.29 bits per heavy atom. The number of carbonyl (C=O) groups is 2. The van der Waals surface area contributed by atoms with Crippen molar-refractivity contribution in [1.29, 1.82) is 0 Å². The number of rotatable bonds is 7. The van der Waals surface area contributed by atoms with Crippen molar-refractivity contribution < 1.29 is 28.0 Å². The van der Waals surface area contributed by atoms with E-state index in [-0.39, 0.29) is 25.2 Å². The minimum Gasteiger partial charge on any atom is -0.352 e. The average molecular weight is 415 g/mol. The van der Waals surface area contributed by atoms with E-state index >= 15 is 0 Å². The van der Waals surface area contributed by atoms with Crippen LogP contribution >= 0.6 is 11.6 Å². The summed E-state index contributed by atoms with van der Waals surface area (Å²) in [4.78, 5) is 23.8. The lowest BCUT2D eigenvalue weighted by atomic mass is 10.0. The number of hydrogen-bond donors (Lipinski definition) is 3. The highest BCUT2D eigenvalue weighted by Gasteiger charge is 2.30. The maximum atomic E-state index is 12.7. The lowest BCUT2D eigenvalue weighted by molar-refractivity contribution is -0.137. The summed E-state index contributed by atoms with van der Waals surface area (Å²) in [5, 5.41) is 11.9. The largest absolute Gasteiger partial charge is 0.416 e. The molecule has 3 N–H and O–H groups in total. The Balaban J connectivity index is 2.06. The van der Waals surface area contributed by atoms with Crippen LogP contribution in [0.2, 0.25) is 5.02 Å². The average Bonchev–Trinajstić information content (AvgIpc) is 2.61. The second-order valence-corrected chi connectivity index (χ2v) is 6.65. The third-order valence-corrected chi connectivity index (χ3v) is 4.17. The molecule has 5 nitrogen and oxygen atoms in total. The first-order valence-corrected chi connectivity index (χ1v) is 8.68. The van der Waals surface area contributed by atoms with Crippen LogP contribution in [0.5, 0.6) is 0 Å².